The lowest BCUT2D eigenvalue weighted by molar-refractivity contribution is -0.134. The minimum Gasteiger partial charge on any atom is -0.466 e. The van der Waals surface area contributed by atoms with Gasteiger partial charge in [0.25, 0.3) is 0 Å². The Labute approximate surface area is 117 Å². The van der Waals surface area contributed by atoms with E-state index in [-0.39, 0.29) is 5.97 Å². The van der Waals surface area contributed by atoms with Crippen LogP contribution in [0.3, 0.4) is 0 Å². The minimum absolute atomic E-state index is 0.385. The lowest BCUT2D eigenvalue weighted by Gasteiger charge is -2.23. The fraction of sp³-hybridized carbons (Fsp3) is 0.267. The molecule has 1 unspecified atom stereocenters. The number of aromatic nitrogens is 3. The lowest BCUT2D eigenvalue weighted by Crippen LogP contribution is -2.25. The third-order valence-electron chi connectivity index (χ3n) is 3.10. The van der Waals surface area contributed by atoms with Gasteiger partial charge in [0, 0.05) is 42.2 Å². The summed E-state index contributed by atoms with van der Waals surface area (Å²) in [6.07, 6.45) is 9.06. The zero-order valence-corrected chi connectivity index (χ0v) is 11.5. The number of hydrogen-bond donors (Lipinski definition) is 1. The van der Waals surface area contributed by atoms with Crippen LogP contribution in [0.4, 0.5) is 0 Å². The summed E-state index contributed by atoms with van der Waals surface area (Å²) < 4.78 is 4.64. The van der Waals surface area contributed by atoms with Gasteiger partial charge in [0.1, 0.15) is 5.82 Å². The second kappa shape index (κ2) is 6.14. The topological polar surface area (TPSA) is 67.9 Å². The first-order chi connectivity index (χ1) is 9.64. The molecule has 5 heteroatoms. The molecule has 0 fully saturated rings. The SMILES string of the molecule is COC(=O)C=CC(C)(Cc1ccccn1)c1ncc[nH]1. The maximum absolute atomic E-state index is 11.3. The highest BCUT2D eigenvalue weighted by Gasteiger charge is 2.27. The molecule has 1 N–H and O–H groups in total. The van der Waals surface area contributed by atoms with Crippen LogP contribution < -0.4 is 0 Å². The van der Waals surface area contributed by atoms with Crippen molar-refractivity contribution in [1.82, 2.24) is 15.0 Å². The number of pyridine rings is 1. The van der Waals surface area contributed by atoms with Crippen LogP contribution >= 0.6 is 0 Å². The Morgan fingerprint density at radius 1 is 1.40 bits per heavy atom. The summed E-state index contributed by atoms with van der Waals surface area (Å²) in [5.74, 6) is 0.395. The van der Waals surface area contributed by atoms with Crippen LogP contribution in [0.5, 0.6) is 0 Å². The highest BCUT2D eigenvalue weighted by molar-refractivity contribution is 5.82. The zero-order chi connectivity index (χ0) is 14.4. The number of aromatic amines is 1. The standard InChI is InChI=1S/C15H17N3O2/c1-15(7-6-13(19)20-2,14-17-9-10-18-14)11-12-5-3-4-8-16-12/h3-10H,11H2,1-2H3,(H,17,18). The molecule has 0 aliphatic rings. The van der Waals surface area contributed by atoms with Crippen LogP contribution in [0.25, 0.3) is 0 Å². The van der Waals surface area contributed by atoms with Gasteiger partial charge in [-0.15, -0.1) is 0 Å². The van der Waals surface area contributed by atoms with Gasteiger partial charge in [-0.05, 0) is 19.1 Å². The van der Waals surface area contributed by atoms with Gasteiger partial charge in [-0.25, -0.2) is 9.78 Å². The van der Waals surface area contributed by atoms with E-state index < -0.39 is 5.41 Å². The number of hydrogen-bond acceptors (Lipinski definition) is 4. The summed E-state index contributed by atoms with van der Waals surface area (Å²) in [6.45, 7) is 2.00. The fourth-order valence-electron chi connectivity index (χ4n) is 2.00. The van der Waals surface area contributed by atoms with E-state index in [4.69, 9.17) is 0 Å². The second-order valence-corrected chi connectivity index (χ2v) is 4.71. The number of carbonyl (C=O) groups is 1. The van der Waals surface area contributed by atoms with Gasteiger partial charge in [-0.3, -0.25) is 4.98 Å². The number of nitrogens with zero attached hydrogens (tertiary/aromatic N) is 2. The molecule has 2 rings (SSSR count). The van der Waals surface area contributed by atoms with Crippen LogP contribution in [-0.4, -0.2) is 28.0 Å². The van der Waals surface area contributed by atoms with E-state index in [0.29, 0.717) is 6.42 Å². The molecule has 0 bridgehead atoms. The zero-order valence-electron chi connectivity index (χ0n) is 11.5. The predicted octanol–water partition coefficient (Wildman–Crippen LogP) is 2.03. The smallest absolute Gasteiger partial charge is 0.330 e. The maximum Gasteiger partial charge on any atom is 0.330 e. The monoisotopic (exact) mass is 271 g/mol. The normalized spacial score (nSPS) is 14.1. The average Bonchev–Trinajstić information content (AvgIpc) is 3.01. The molecular weight excluding hydrogens is 254 g/mol. The molecule has 2 heterocycles. The van der Waals surface area contributed by atoms with Gasteiger partial charge in [-0.2, -0.15) is 0 Å². The molecule has 0 amide bonds. The number of H-pyrrole nitrogens is 1. The number of carbonyl (C=O) groups excluding carboxylic acids is 1. The molecule has 104 valence electrons. The number of ether oxygens (including phenoxy) is 1. The molecule has 0 spiro atoms. The van der Waals surface area contributed by atoms with Crippen LogP contribution in [-0.2, 0) is 21.4 Å². The van der Waals surface area contributed by atoms with Crippen molar-refractivity contribution in [2.75, 3.05) is 7.11 Å². The Morgan fingerprint density at radius 2 is 2.25 bits per heavy atom. The van der Waals surface area contributed by atoms with Crippen LogP contribution in [0.15, 0.2) is 48.9 Å². The van der Waals surface area contributed by atoms with Gasteiger partial charge in [-0.1, -0.05) is 12.1 Å². The fourth-order valence-corrected chi connectivity index (χ4v) is 2.00. The number of rotatable bonds is 5. The van der Waals surface area contributed by atoms with Gasteiger partial charge < -0.3 is 9.72 Å². The summed E-state index contributed by atoms with van der Waals surface area (Å²) >= 11 is 0. The molecule has 0 saturated heterocycles. The van der Waals surface area contributed by atoms with Crippen molar-refractivity contribution in [2.24, 2.45) is 0 Å². The Bertz CT molecular complexity index is 578. The highest BCUT2D eigenvalue weighted by Crippen LogP contribution is 2.26. The summed E-state index contributed by atoms with van der Waals surface area (Å²) in [4.78, 5) is 23.1. The van der Waals surface area contributed by atoms with Crippen LogP contribution in [0, 0.1) is 0 Å². The summed E-state index contributed by atoms with van der Waals surface area (Å²) in [6, 6.07) is 5.76. The van der Waals surface area contributed by atoms with Gasteiger partial charge in [0.15, 0.2) is 0 Å². The molecule has 0 radical (unpaired) electrons. The molecule has 2 aromatic rings. The number of esters is 1. The van der Waals surface area contributed by atoms with E-state index in [1.165, 1.54) is 13.2 Å². The number of allylic oxidation sites excluding steroid dienone is 1. The van der Waals surface area contributed by atoms with E-state index in [1.807, 2.05) is 25.1 Å². The molecule has 0 aliphatic carbocycles. The number of nitrogens with one attached hydrogen (secondary N) is 1. The molecule has 20 heavy (non-hydrogen) atoms. The number of imidazole rings is 1. The van der Waals surface area contributed by atoms with E-state index in [1.54, 1.807) is 24.7 Å². The quantitative estimate of drug-likeness (QED) is 0.667. The van der Waals surface area contributed by atoms with Gasteiger partial charge in [0.2, 0.25) is 0 Å². The lowest BCUT2D eigenvalue weighted by atomic mass is 9.84. The largest absolute Gasteiger partial charge is 0.466 e. The predicted molar refractivity (Wildman–Crippen MR) is 75.0 cm³/mol. The first-order valence-electron chi connectivity index (χ1n) is 6.31. The van der Waals surface area contributed by atoms with Crippen molar-refractivity contribution < 1.29 is 9.53 Å². The van der Waals surface area contributed by atoms with Gasteiger partial charge >= 0.3 is 5.97 Å². The van der Waals surface area contributed by atoms with Crippen LogP contribution in [0.1, 0.15) is 18.4 Å². The third kappa shape index (κ3) is 3.32. The van der Waals surface area contributed by atoms with E-state index >= 15 is 0 Å². The summed E-state index contributed by atoms with van der Waals surface area (Å²) in [7, 11) is 1.36. The summed E-state index contributed by atoms with van der Waals surface area (Å²) in [5, 5.41) is 0. The van der Waals surface area contributed by atoms with E-state index in [9.17, 15) is 4.79 Å². The molecule has 0 saturated carbocycles. The first kappa shape index (κ1) is 14.0. The van der Waals surface area contributed by atoms with E-state index in [2.05, 4.69) is 19.7 Å². The van der Waals surface area contributed by atoms with E-state index in [0.717, 1.165) is 11.5 Å². The maximum atomic E-state index is 11.3. The molecule has 2 aromatic heterocycles. The Morgan fingerprint density at radius 3 is 2.85 bits per heavy atom. The number of methoxy groups -OCH3 is 1. The van der Waals surface area contributed by atoms with Gasteiger partial charge in [0.05, 0.1) is 7.11 Å². The Hall–Kier alpha value is -2.43. The second-order valence-electron chi connectivity index (χ2n) is 4.71. The molecule has 1 atom stereocenters. The Balaban J connectivity index is 2.29. The average molecular weight is 271 g/mol. The van der Waals surface area contributed by atoms with Crippen molar-refractivity contribution in [2.45, 2.75) is 18.8 Å². The minimum atomic E-state index is -0.452. The van der Waals surface area contributed by atoms with Crippen molar-refractivity contribution >= 4 is 5.97 Å². The first-order valence-corrected chi connectivity index (χ1v) is 6.31. The Kier molecular flexibility index (Phi) is 4.30. The van der Waals surface area contributed by atoms with Crippen LogP contribution in [0.2, 0.25) is 0 Å². The molecule has 0 aromatic carbocycles. The summed E-state index contributed by atoms with van der Waals surface area (Å²) in [5.41, 5.74) is 0.479. The molecule has 5 nitrogen and oxygen atoms in total. The van der Waals surface area contributed by atoms with Crippen molar-refractivity contribution in [1.29, 1.82) is 0 Å². The molecule has 0 aliphatic heterocycles. The molecular formula is C15H17N3O2. The third-order valence-corrected chi connectivity index (χ3v) is 3.10. The van der Waals surface area contributed by atoms with Crippen molar-refractivity contribution in [3.63, 3.8) is 0 Å². The van der Waals surface area contributed by atoms with Crippen molar-refractivity contribution in [3.8, 4) is 0 Å². The highest BCUT2D eigenvalue weighted by atomic mass is 16.5. The van der Waals surface area contributed by atoms with Crippen molar-refractivity contribution in [3.05, 3.63) is 60.5 Å².